The first kappa shape index (κ1) is 15.5. The van der Waals surface area contributed by atoms with Crippen LogP contribution in [-0.4, -0.2) is 44.8 Å². The van der Waals surface area contributed by atoms with E-state index in [0.717, 1.165) is 12.8 Å². The molecule has 0 aromatic carbocycles. The van der Waals surface area contributed by atoms with Crippen molar-refractivity contribution in [2.24, 2.45) is 28.6 Å². The van der Waals surface area contributed by atoms with Crippen LogP contribution in [0.1, 0.15) is 39.5 Å². The Hall–Kier alpha value is -0.420. The van der Waals surface area contributed by atoms with Gasteiger partial charge in [0.2, 0.25) is 0 Å². The zero-order chi connectivity index (χ0) is 15.6. The maximum Gasteiger partial charge on any atom is 0.0708 e. The average Bonchev–Trinajstić information content (AvgIpc) is 3.01. The van der Waals surface area contributed by atoms with E-state index in [1.807, 2.05) is 6.08 Å². The summed E-state index contributed by atoms with van der Waals surface area (Å²) >= 11 is 0. The lowest BCUT2D eigenvalue weighted by Gasteiger charge is -2.46. The summed E-state index contributed by atoms with van der Waals surface area (Å²) in [7, 11) is 0. The smallest absolute Gasteiger partial charge is 0.0708 e. The lowest BCUT2D eigenvalue weighted by molar-refractivity contribution is -0.143. The second-order valence-electron chi connectivity index (χ2n) is 8.06. The van der Waals surface area contributed by atoms with Gasteiger partial charge in [0.25, 0.3) is 0 Å². The second kappa shape index (κ2) is 4.54. The molecule has 3 aliphatic carbocycles. The van der Waals surface area contributed by atoms with E-state index < -0.39 is 28.6 Å². The molecule has 0 saturated heterocycles. The fraction of sp³-hybridized carbons (Fsp3) is 0.882. The zero-order valence-corrected chi connectivity index (χ0v) is 13.0. The lowest BCUT2D eigenvalue weighted by atomic mass is 9.64. The third-order valence-corrected chi connectivity index (χ3v) is 7.04. The average molecular weight is 296 g/mol. The first-order chi connectivity index (χ1) is 9.75. The molecule has 0 amide bonds. The van der Waals surface area contributed by atoms with E-state index >= 15 is 0 Å². The number of fused-ring (bicyclic) bond motifs is 3. The van der Waals surface area contributed by atoms with Gasteiger partial charge in [0, 0.05) is 16.7 Å². The molecule has 3 saturated carbocycles. The van der Waals surface area contributed by atoms with Gasteiger partial charge in [-0.1, -0.05) is 6.08 Å². The molecule has 21 heavy (non-hydrogen) atoms. The Bertz CT molecular complexity index is 443. The Morgan fingerprint density at radius 3 is 2.33 bits per heavy atom. The molecule has 4 heteroatoms. The second-order valence-corrected chi connectivity index (χ2v) is 8.06. The number of allylic oxidation sites excluding steroid dienone is 1. The first-order valence-electron chi connectivity index (χ1n) is 8.07. The van der Waals surface area contributed by atoms with Crippen molar-refractivity contribution in [1.29, 1.82) is 0 Å². The highest BCUT2D eigenvalue weighted by Gasteiger charge is 2.74. The molecule has 4 nitrogen and oxygen atoms in total. The molecule has 2 bridgehead atoms. The van der Waals surface area contributed by atoms with Crippen LogP contribution in [-0.2, 0) is 0 Å². The van der Waals surface area contributed by atoms with Crippen molar-refractivity contribution >= 4 is 0 Å². The predicted octanol–water partition coefficient (Wildman–Crippen LogP) is 1.08. The minimum absolute atomic E-state index is 0.0488. The van der Waals surface area contributed by atoms with Gasteiger partial charge < -0.3 is 20.4 Å². The molecule has 0 aliphatic heterocycles. The van der Waals surface area contributed by atoms with Gasteiger partial charge in [0.15, 0.2) is 0 Å². The number of hydrogen-bond acceptors (Lipinski definition) is 4. The van der Waals surface area contributed by atoms with Crippen LogP contribution in [0.3, 0.4) is 0 Å². The van der Waals surface area contributed by atoms with Crippen LogP contribution in [0.25, 0.3) is 0 Å². The third kappa shape index (κ3) is 1.65. The summed E-state index contributed by atoms with van der Waals surface area (Å²) in [6, 6.07) is 0. The minimum Gasteiger partial charge on any atom is -0.396 e. The summed E-state index contributed by atoms with van der Waals surface area (Å²) < 4.78 is 0. The van der Waals surface area contributed by atoms with Crippen LogP contribution in [0.4, 0.5) is 0 Å². The van der Waals surface area contributed by atoms with Crippen molar-refractivity contribution in [2.45, 2.75) is 57.3 Å². The summed E-state index contributed by atoms with van der Waals surface area (Å²) in [5, 5.41) is 42.2. The Morgan fingerprint density at radius 1 is 1.24 bits per heavy atom. The van der Waals surface area contributed by atoms with Gasteiger partial charge in [-0.3, -0.25) is 0 Å². The molecular weight excluding hydrogens is 268 g/mol. The number of hydrogen-bond donors (Lipinski definition) is 4. The lowest BCUT2D eigenvalue weighted by Crippen LogP contribution is -2.53. The van der Waals surface area contributed by atoms with Gasteiger partial charge in [-0.15, -0.1) is 6.58 Å². The topological polar surface area (TPSA) is 80.9 Å². The van der Waals surface area contributed by atoms with E-state index in [1.54, 1.807) is 13.8 Å². The highest BCUT2D eigenvalue weighted by molar-refractivity contribution is 5.25. The van der Waals surface area contributed by atoms with Gasteiger partial charge in [-0.2, -0.15) is 0 Å². The Balaban J connectivity index is 2.02. The highest BCUT2D eigenvalue weighted by Crippen LogP contribution is 2.71. The van der Waals surface area contributed by atoms with Crippen molar-refractivity contribution < 1.29 is 20.4 Å². The van der Waals surface area contributed by atoms with Crippen LogP contribution in [0.15, 0.2) is 12.7 Å². The standard InChI is InChI=1S/C17H28O4/c1-4-10-11-5-7-16(10,9-18)14(20)17(11)8-6-12(13(17)19)15(2,3)21/h4,10-14,18-21H,1,5-9H2,2-3H3/t10-,11+,12-,13+,14-,16+,17-/m0/s1. The number of rotatable bonds is 3. The van der Waals surface area contributed by atoms with E-state index in [4.69, 9.17) is 0 Å². The van der Waals surface area contributed by atoms with Crippen LogP contribution in [0.5, 0.6) is 0 Å². The quantitative estimate of drug-likeness (QED) is 0.588. The van der Waals surface area contributed by atoms with Crippen LogP contribution in [0.2, 0.25) is 0 Å². The Morgan fingerprint density at radius 2 is 1.90 bits per heavy atom. The van der Waals surface area contributed by atoms with Gasteiger partial charge in [-0.05, 0) is 51.4 Å². The molecule has 0 heterocycles. The van der Waals surface area contributed by atoms with E-state index in [-0.39, 0.29) is 24.4 Å². The van der Waals surface area contributed by atoms with Gasteiger partial charge in [0.05, 0.1) is 24.4 Å². The van der Waals surface area contributed by atoms with Crippen molar-refractivity contribution in [3.63, 3.8) is 0 Å². The van der Waals surface area contributed by atoms with Crippen molar-refractivity contribution in [3.05, 3.63) is 12.7 Å². The minimum atomic E-state index is -0.958. The largest absolute Gasteiger partial charge is 0.396 e. The molecule has 7 atom stereocenters. The van der Waals surface area contributed by atoms with E-state index in [0.29, 0.717) is 12.8 Å². The van der Waals surface area contributed by atoms with Crippen molar-refractivity contribution in [2.75, 3.05) is 6.61 Å². The number of aliphatic hydroxyl groups is 4. The van der Waals surface area contributed by atoms with E-state index in [1.165, 1.54) is 0 Å². The van der Waals surface area contributed by atoms with Crippen LogP contribution < -0.4 is 0 Å². The highest BCUT2D eigenvalue weighted by atomic mass is 16.3. The molecule has 3 aliphatic rings. The fourth-order valence-electron chi connectivity index (χ4n) is 6.03. The third-order valence-electron chi connectivity index (χ3n) is 7.04. The molecule has 4 N–H and O–H groups in total. The summed E-state index contributed by atoms with van der Waals surface area (Å²) in [5.74, 6) is -0.0279. The summed E-state index contributed by atoms with van der Waals surface area (Å²) in [4.78, 5) is 0. The SMILES string of the molecule is C=C[C@H]1[C@H]2CC[C@]1(CO)[C@H](O)[C@@]21CC[C@H](C(C)(C)O)[C@H]1O. The van der Waals surface area contributed by atoms with Gasteiger partial charge in [0.1, 0.15) is 0 Å². The summed E-state index contributed by atoms with van der Waals surface area (Å²) in [5.41, 5.74) is -2.10. The van der Waals surface area contributed by atoms with Crippen LogP contribution in [0, 0.1) is 28.6 Å². The number of aliphatic hydroxyl groups excluding tert-OH is 3. The van der Waals surface area contributed by atoms with Gasteiger partial charge in [-0.25, -0.2) is 0 Å². The van der Waals surface area contributed by atoms with Crippen molar-refractivity contribution in [1.82, 2.24) is 0 Å². The van der Waals surface area contributed by atoms with Crippen molar-refractivity contribution in [3.8, 4) is 0 Å². The molecule has 0 unspecified atom stereocenters. The molecule has 1 spiro atoms. The van der Waals surface area contributed by atoms with Gasteiger partial charge >= 0.3 is 0 Å². The molecule has 0 aromatic rings. The molecule has 120 valence electrons. The maximum absolute atomic E-state index is 11.0. The molecule has 3 fully saturated rings. The normalized spacial score (nSPS) is 52.8. The molecular formula is C17H28O4. The monoisotopic (exact) mass is 296 g/mol. The maximum atomic E-state index is 11.0. The molecule has 0 aromatic heterocycles. The summed E-state index contributed by atoms with van der Waals surface area (Å²) in [6.07, 6.45) is 3.52. The molecule has 3 rings (SSSR count). The Labute approximate surface area is 126 Å². The van der Waals surface area contributed by atoms with E-state index in [9.17, 15) is 20.4 Å². The van der Waals surface area contributed by atoms with Crippen LogP contribution >= 0.6 is 0 Å². The Kier molecular flexibility index (Phi) is 3.35. The fourth-order valence-corrected chi connectivity index (χ4v) is 6.03. The predicted molar refractivity (Wildman–Crippen MR) is 79.4 cm³/mol. The summed E-state index contributed by atoms with van der Waals surface area (Å²) in [6.45, 7) is 7.30. The zero-order valence-electron chi connectivity index (χ0n) is 13.0. The first-order valence-corrected chi connectivity index (χ1v) is 8.07. The molecule has 0 radical (unpaired) electrons. The van der Waals surface area contributed by atoms with E-state index in [2.05, 4.69) is 6.58 Å².